The van der Waals surface area contributed by atoms with Crippen LogP contribution in [0.5, 0.6) is 0 Å². The summed E-state index contributed by atoms with van der Waals surface area (Å²) in [5, 5.41) is 11.8. The van der Waals surface area contributed by atoms with E-state index in [9.17, 15) is 0 Å². The monoisotopic (exact) mass is 431 g/mol. The van der Waals surface area contributed by atoms with Crippen molar-refractivity contribution >= 4 is 23.1 Å². The molecule has 5 aromatic rings. The Morgan fingerprint density at radius 3 is 2.80 bits per heavy atom. The lowest BCUT2D eigenvalue weighted by atomic mass is 10.2. The number of hydrogen-bond donors (Lipinski definition) is 0. The van der Waals surface area contributed by atoms with Gasteiger partial charge in [-0.2, -0.15) is 0 Å². The Kier molecular flexibility index (Phi) is 5.17. The second-order valence-electron chi connectivity index (χ2n) is 6.58. The van der Waals surface area contributed by atoms with Gasteiger partial charge in [0.05, 0.1) is 16.3 Å². The van der Waals surface area contributed by atoms with E-state index in [0.717, 1.165) is 38.4 Å². The predicted octanol–water partition coefficient (Wildman–Crippen LogP) is 5.65. The first kappa shape index (κ1) is 18.8. The van der Waals surface area contributed by atoms with Crippen molar-refractivity contribution in [3.05, 3.63) is 83.8 Å². The first-order valence-electron chi connectivity index (χ1n) is 9.32. The molecule has 30 heavy (non-hydrogen) atoms. The molecule has 0 aliphatic carbocycles. The molecule has 0 fully saturated rings. The Labute approximate surface area is 181 Å². The van der Waals surface area contributed by atoms with Gasteiger partial charge in [0, 0.05) is 23.7 Å². The first-order chi connectivity index (χ1) is 14.8. The van der Waals surface area contributed by atoms with Crippen molar-refractivity contribution < 1.29 is 4.42 Å². The molecular weight excluding hydrogens is 414 g/mol. The second-order valence-corrected chi connectivity index (χ2v) is 8.47. The number of pyridine rings is 1. The number of thiophene rings is 1. The summed E-state index contributed by atoms with van der Waals surface area (Å²) in [6.45, 7) is 2.09. The number of para-hydroxylation sites is 1. The lowest BCUT2D eigenvalue weighted by molar-refractivity contribution is 0.575. The van der Waals surface area contributed by atoms with Gasteiger partial charge in [-0.05, 0) is 42.1 Å². The van der Waals surface area contributed by atoms with E-state index in [1.165, 1.54) is 0 Å². The molecule has 0 aliphatic rings. The maximum Gasteiger partial charge on any atom is 0.236 e. The highest BCUT2D eigenvalue weighted by molar-refractivity contribution is 7.98. The zero-order valence-electron chi connectivity index (χ0n) is 16.1. The van der Waals surface area contributed by atoms with Gasteiger partial charge in [-0.25, -0.2) is 4.98 Å². The number of rotatable bonds is 6. The normalized spacial score (nSPS) is 11.1. The largest absolute Gasteiger partial charge is 0.444 e. The lowest BCUT2D eigenvalue weighted by Gasteiger charge is -2.12. The van der Waals surface area contributed by atoms with E-state index in [0.29, 0.717) is 11.6 Å². The fourth-order valence-electron chi connectivity index (χ4n) is 3.10. The topological polar surface area (TPSA) is 69.6 Å². The molecule has 4 aromatic heterocycles. The molecule has 0 saturated heterocycles. The van der Waals surface area contributed by atoms with Crippen molar-refractivity contribution in [2.75, 3.05) is 0 Å². The van der Waals surface area contributed by atoms with Crippen LogP contribution in [-0.2, 0) is 5.75 Å². The van der Waals surface area contributed by atoms with Crippen molar-refractivity contribution in [3.63, 3.8) is 0 Å². The van der Waals surface area contributed by atoms with Crippen LogP contribution in [0, 0.1) is 6.92 Å². The average Bonchev–Trinajstić information content (AvgIpc) is 3.53. The summed E-state index contributed by atoms with van der Waals surface area (Å²) in [6.07, 6.45) is 5.26. The van der Waals surface area contributed by atoms with E-state index in [1.807, 2.05) is 41.8 Å². The molecule has 0 spiro atoms. The minimum atomic E-state index is 0.631. The fourth-order valence-corrected chi connectivity index (χ4v) is 4.58. The van der Waals surface area contributed by atoms with Crippen molar-refractivity contribution in [2.45, 2.75) is 17.8 Å². The summed E-state index contributed by atoms with van der Waals surface area (Å²) in [5.41, 5.74) is 3.97. The summed E-state index contributed by atoms with van der Waals surface area (Å²) in [5.74, 6) is 2.04. The number of benzene rings is 1. The average molecular weight is 432 g/mol. The number of nitrogens with zero attached hydrogens (tertiary/aromatic N) is 5. The summed E-state index contributed by atoms with van der Waals surface area (Å²) in [7, 11) is 0. The van der Waals surface area contributed by atoms with Crippen molar-refractivity contribution in [1.29, 1.82) is 0 Å². The van der Waals surface area contributed by atoms with Crippen LogP contribution in [0.1, 0.15) is 11.3 Å². The van der Waals surface area contributed by atoms with Crippen molar-refractivity contribution in [3.8, 4) is 27.8 Å². The molecule has 148 valence electrons. The minimum absolute atomic E-state index is 0.631. The molecule has 0 N–H and O–H groups in total. The Morgan fingerprint density at radius 2 is 2.00 bits per heavy atom. The summed E-state index contributed by atoms with van der Waals surface area (Å²) in [6, 6.07) is 16.1. The van der Waals surface area contributed by atoms with Crippen molar-refractivity contribution in [1.82, 2.24) is 24.7 Å². The first-order valence-corrected chi connectivity index (χ1v) is 11.2. The molecule has 0 radical (unpaired) electrons. The Balaban J connectivity index is 1.48. The molecule has 0 unspecified atom stereocenters. The van der Waals surface area contributed by atoms with Gasteiger partial charge < -0.3 is 4.42 Å². The smallest absolute Gasteiger partial charge is 0.236 e. The molecule has 8 heteroatoms. The van der Waals surface area contributed by atoms with Crippen LogP contribution < -0.4 is 0 Å². The molecule has 6 nitrogen and oxygen atoms in total. The van der Waals surface area contributed by atoms with Crippen LogP contribution in [0.2, 0.25) is 0 Å². The van der Waals surface area contributed by atoms with Crippen LogP contribution in [0.4, 0.5) is 0 Å². The maximum atomic E-state index is 5.64. The van der Waals surface area contributed by atoms with E-state index >= 15 is 0 Å². The minimum Gasteiger partial charge on any atom is -0.444 e. The summed E-state index contributed by atoms with van der Waals surface area (Å²) in [4.78, 5) is 9.87. The Morgan fingerprint density at radius 1 is 1.07 bits per heavy atom. The molecule has 0 atom stereocenters. The molecule has 1 aromatic carbocycles. The molecule has 0 bridgehead atoms. The molecule has 5 rings (SSSR count). The number of thioether (sulfide) groups is 1. The fraction of sp³-hybridized carbons (Fsp3) is 0.0909. The lowest BCUT2D eigenvalue weighted by Crippen LogP contribution is -2.02. The Bertz CT molecular complexity index is 1260. The van der Waals surface area contributed by atoms with Gasteiger partial charge in [-0.15, -0.1) is 21.5 Å². The Hall–Kier alpha value is -3.23. The summed E-state index contributed by atoms with van der Waals surface area (Å²) < 4.78 is 7.72. The molecule has 0 saturated carbocycles. The number of aryl methyl sites for hydroxylation is 1. The third-order valence-electron chi connectivity index (χ3n) is 4.54. The third kappa shape index (κ3) is 3.67. The number of hydrogen-bond acceptors (Lipinski definition) is 7. The van der Waals surface area contributed by atoms with E-state index in [4.69, 9.17) is 4.42 Å². The highest BCUT2D eigenvalue weighted by Gasteiger charge is 2.18. The second kappa shape index (κ2) is 8.25. The third-order valence-corrected chi connectivity index (χ3v) is 6.36. The highest BCUT2D eigenvalue weighted by atomic mass is 32.2. The standard InChI is InChI=1S/C22H17N5OS2/c1-15-6-2-3-8-18(15)27-20(16-7-4-10-23-12-16)25-26-22(27)30-14-17-13-28-21(24-17)19-9-5-11-29-19/h2-13H,14H2,1H3. The van der Waals surface area contributed by atoms with Gasteiger partial charge in [0.1, 0.15) is 6.26 Å². The van der Waals surface area contributed by atoms with Crippen LogP contribution >= 0.6 is 23.1 Å². The van der Waals surface area contributed by atoms with Crippen LogP contribution in [0.3, 0.4) is 0 Å². The summed E-state index contributed by atoms with van der Waals surface area (Å²) >= 11 is 3.19. The van der Waals surface area contributed by atoms with Gasteiger partial charge in [0.2, 0.25) is 5.89 Å². The van der Waals surface area contributed by atoms with Crippen LogP contribution in [0.15, 0.2) is 82.1 Å². The van der Waals surface area contributed by atoms with E-state index in [-0.39, 0.29) is 0 Å². The predicted molar refractivity (Wildman–Crippen MR) is 119 cm³/mol. The molecule has 4 heterocycles. The van der Waals surface area contributed by atoms with Gasteiger partial charge in [-0.3, -0.25) is 9.55 Å². The van der Waals surface area contributed by atoms with Gasteiger partial charge in [0.15, 0.2) is 11.0 Å². The van der Waals surface area contributed by atoms with E-state index in [2.05, 4.69) is 43.8 Å². The SMILES string of the molecule is Cc1ccccc1-n1c(SCc2coc(-c3cccs3)n2)nnc1-c1cccnc1. The zero-order chi connectivity index (χ0) is 20.3. The quantitative estimate of drug-likeness (QED) is 0.324. The van der Waals surface area contributed by atoms with Crippen LogP contribution in [-0.4, -0.2) is 24.7 Å². The number of aromatic nitrogens is 5. The molecule has 0 amide bonds. The molecular formula is C22H17N5OS2. The van der Waals surface area contributed by atoms with Crippen LogP contribution in [0.25, 0.3) is 27.8 Å². The highest BCUT2D eigenvalue weighted by Crippen LogP contribution is 2.31. The van der Waals surface area contributed by atoms with E-state index < -0.39 is 0 Å². The van der Waals surface area contributed by atoms with Gasteiger partial charge >= 0.3 is 0 Å². The zero-order valence-corrected chi connectivity index (χ0v) is 17.7. The van der Waals surface area contributed by atoms with E-state index in [1.54, 1.807) is 41.8 Å². The maximum absolute atomic E-state index is 5.64. The molecule has 0 aliphatic heterocycles. The van der Waals surface area contributed by atoms with Gasteiger partial charge in [0.25, 0.3) is 0 Å². The number of oxazole rings is 1. The van der Waals surface area contributed by atoms with Crippen molar-refractivity contribution in [2.24, 2.45) is 0 Å². The van der Waals surface area contributed by atoms with Gasteiger partial charge in [-0.1, -0.05) is 36.0 Å².